The first-order valence-corrected chi connectivity index (χ1v) is 7.52. The van der Waals surface area contributed by atoms with E-state index in [1.807, 2.05) is 18.2 Å². The molecule has 1 heterocycles. The highest BCUT2D eigenvalue weighted by molar-refractivity contribution is 5.99. The SMILES string of the molecule is COc1ccc2cc(-c3c[nH]c4ccc(OC)cc34)ccc2c1. The molecule has 4 aromatic rings. The van der Waals surface area contributed by atoms with Crippen LogP contribution in [0.25, 0.3) is 32.8 Å². The molecule has 0 unspecified atom stereocenters. The van der Waals surface area contributed by atoms with E-state index in [-0.39, 0.29) is 0 Å². The van der Waals surface area contributed by atoms with Crippen LogP contribution in [-0.2, 0) is 0 Å². The summed E-state index contributed by atoms with van der Waals surface area (Å²) in [7, 11) is 3.38. The van der Waals surface area contributed by atoms with Crippen molar-refractivity contribution < 1.29 is 9.47 Å². The van der Waals surface area contributed by atoms with Crippen LogP contribution >= 0.6 is 0 Å². The molecule has 0 saturated heterocycles. The van der Waals surface area contributed by atoms with Crippen LogP contribution in [0.3, 0.4) is 0 Å². The van der Waals surface area contributed by atoms with Crippen molar-refractivity contribution in [3.8, 4) is 22.6 Å². The van der Waals surface area contributed by atoms with Gasteiger partial charge in [-0.3, -0.25) is 0 Å². The molecular formula is C20H17NO2. The number of methoxy groups -OCH3 is 2. The minimum atomic E-state index is 0.865. The van der Waals surface area contributed by atoms with E-state index in [2.05, 4.69) is 47.6 Å². The van der Waals surface area contributed by atoms with Crippen molar-refractivity contribution in [1.82, 2.24) is 4.98 Å². The second kappa shape index (κ2) is 5.36. The molecule has 0 spiro atoms. The Kier molecular flexibility index (Phi) is 3.19. The molecule has 23 heavy (non-hydrogen) atoms. The van der Waals surface area contributed by atoms with Crippen molar-refractivity contribution in [2.24, 2.45) is 0 Å². The first kappa shape index (κ1) is 13.7. The average Bonchev–Trinajstić information content (AvgIpc) is 3.03. The minimum Gasteiger partial charge on any atom is -0.497 e. The maximum Gasteiger partial charge on any atom is 0.119 e. The molecule has 0 aliphatic heterocycles. The zero-order chi connectivity index (χ0) is 15.8. The van der Waals surface area contributed by atoms with Gasteiger partial charge in [0.05, 0.1) is 14.2 Å². The maximum absolute atomic E-state index is 5.35. The molecule has 0 radical (unpaired) electrons. The Morgan fingerprint density at radius 2 is 1.43 bits per heavy atom. The zero-order valence-electron chi connectivity index (χ0n) is 13.1. The van der Waals surface area contributed by atoms with Gasteiger partial charge < -0.3 is 14.5 Å². The lowest BCUT2D eigenvalue weighted by Gasteiger charge is -2.06. The highest BCUT2D eigenvalue weighted by atomic mass is 16.5. The summed E-state index contributed by atoms with van der Waals surface area (Å²) in [5.41, 5.74) is 3.47. The summed E-state index contributed by atoms with van der Waals surface area (Å²) < 4.78 is 10.6. The molecule has 1 N–H and O–H groups in total. The van der Waals surface area contributed by atoms with Gasteiger partial charge in [-0.2, -0.15) is 0 Å². The number of ether oxygens (including phenoxy) is 2. The van der Waals surface area contributed by atoms with Crippen molar-refractivity contribution in [2.75, 3.05) is 14.2 Å². The molecule has 3 heteroatoms. The number of aromatic nitrogens is 1. The van der Waals surface area contributed by atoms with Gasteiger partial charge in [0, 0.05) is 22.7 Å². The number of benzene rings is 3. The van der Waals surface area contributed by atoms with E-state index in [0.29, 0.717) is 0 Å². The van der Waals surface area contributed by atoms with Gasteiger partial charge in [0.1, 0.15) is 11.5 Å². The monoisotopic (exact) mass is 303 g/mol. The Balaban J connectivity index is 1.88. The second-order valence-corrected chi connectivity index (χ2v) is 5.54. The predicted octanol–water partition coefficient (Wildman–Crippen LogP) is 5.01. The molecule has 0 saturated carbocycles. The van der Waals surface area contributed by atoms with E-state index < -0.39 is 0 Å². The number of fused-ring (bicyclic) bond motifs is 2. The molecular weight excluding hydrogens is 286 g/mol. The van der Waals surface area contributed by atoms with Crippen LogP contribution in [0.5, 0.6) is 11.5 Å². The van der Waals surface area contributed by atoms with Crippen LogP contribution in [0.2, 0.25) is 0 Å². The number of H-pyrrole nitrogens is 1. The third kappa shape index (κ3) is 2.30. The van der Waals surface area contributed by atoms with Gasteiger partial charge in [0.25, 0.3) is 0 Å². The molecule has 4 rings (SSSR count). The number of nitrogens with one attached hydrogen (secondary N) is 1. The fourth-order valence-electron chi connectivity index (χ4n) is 2.98. The molecule has 0 fully saturated rings. The number of rotatable bonds is 3. The van der Waals surface area contributed by atoms with Gasteiger partial charge in [-0.15, -0.1) is 0 Å². The molecule has 3 aromatic carbocycles. The second-order valence-electron chi connectivity index (χ2n) is 5.54. The van der Waals surface area contributed by atoms with Gasteiger partial charge in [0.2, 0.25) is 0 Å². The largest absolute Gasteiger partial charge is 0.497 e. The van der Waals surface area contributed by atoms with E-state index in [0.717, 1.165) is 22.4 Å². The first-order valence-electron chi connectivity index (χ1n) is 7.52. The maximum atomic E-state index is 5.35. The fraction of sp³-hybridized carbons (Fsp3) is 0.100. The fourth-order valence-corrected chi connectivity index (χ4v) is 2.98. The smallest absolute Gasteiger partial charge is 0.119 e. The van der Waals surface area contributed by atoms with Crippen molar-refractivity contribution in [3.63, 3.8) is 0 Å². The average molecular weight is 303 g/mol. The van der Waals surface area contributed by atoms with Gasteiger partial charge in [0.15, 0.2) is 0 Å². The van der Waals surface area contributed by atoms with Gasteiger partial charge in [-0.05, 0) is 52.7 Å². The Hall–Kier alpha value is -2.94. The van der Waals surface area contributed by atoms with Crippen molar-refractivity contribution in [1.29, 1.82) is 0 Å². The molecule has 0 amide bonds. The highest BCUT2D eigenvalue weighted by Crippen LogP contribution is 2.33. The highest BCUT2D eigenvalue weighted by Gasteiger charge is 2.08. The lowest BCUT2D eigenvalue weighted by Crippen LogP contribution is -1.84. The summed E-state index contributed by atoms with van der Waals surface area (Å²) in [6.07, 6.45) is 2.05. The number of aromatic amines is 1. The predicted molar refractivity (Wildman–Crippen MR) is 94.3 cm³/mol. The summed E-state index contributed by atoms with van der Waals surface area (Å²) >= 11 is 0. The minimum absolute atomic E-state index is 0.865. The van der Waals surface area contributed by atoms with Crippen LogP contribution in [0.15, 0.2) is 60.8 Å². The van der Waals surface area contributed by atoms with Crippen LogP contribution in [0, 0.1) is 0 Å². The van der Waals surface area contributed by atoms with E-state index in [9.17, 15) is 0 Å². The van der Waals surface area contributed by atoms with Crippen molar-refractivity contribution >= 4 is 21.7 Å². The van der Waals surface area contributed by atoms with E-state index >= 15 is 0 Å². The zero-order valence-corrected chi connectivity index (χ0v) is 13.1. The summed E-state index contributed by atoms with van der Waals surface area (Å²) in [4.78, 5) is 3.33. The summed E-state index contributed by atoms with van der Waals surface area (Å²) in [5.74, 6) is 1.74. The third-order valence-electron chi connectivity index (χ3n) is 4.25. The molecule has 1 aromatic heterocycles. The Morgan fingerprint density at radius 1 is 0.739 bits per heavy atom. The van der Waals surface area contributed by atoms with Crippen molar-refractivity contribution in [3.05, 3.63) is 60.8 Å². The number of hydrogen-bond acceptors (Lipinski definition) is 2. The molecule has 0 aliphatic rings. The van der Waals surface area contributed by atoms with E-state index in [1.54, 1.807) is 14.2 Å². The lowest BCUT2D eigenvalue weighted by atomic mass is 10.0. The normalized spacial score (nSPS) is 11.0. The van der Waals surface area contributed by atoms with E-state index in [4.69, 9.17) is 9.47 Å². The third-order valence-corrected chi connectivity index (χ3v) is 4.25. The van der Waals surface area contributed by atoms with Gasteiger partial charge >= 0.3 is 0 Å². The Labute approximate surface area is 134 Å². The topological polar surface area (TPSA) is 34.2 Å². The summed E-state index contributed by atoms with van der Waals surface area (Å²) in [6.45, 7) is 0. The van der Waals surface area contributed by atoms with E-state index in [1.165, 1.54) is 21.9 Å². The summed E-state index contributed by atoms with van der Waals surface area (Å²) in [6, 6.07) is 18.7. The molecule has 0 atom stereocenters. The van der Waals surface area contributed by atoms with Crippen LogP contribution < -0.4 is 9.47 Å². The number of hydrogen-bond donors (Lipinski definition) is 1. The first-order chi connectivity index (χ1) is 11.3. The standard InChI is InChI=1S/C20H17NO2/c1-22-16-6-5-13-9-15(4-3-14(13)10-16)19-12-21-20-8-7-17(23-2)11-18(19)20/h3-12,21H,1-2H3. The van der Waals surface area contributed by atoms with Crippen molar-refractivity contribution in [2.45, 2.75) is 0 Å². The molecule has 0 bridgehead atoms. The molecule has 114 valence electrons. The molecule has 3 nitrogen and oxygen atoms in total. The quantitative estimate of drug-likeness (QED) is 0.577. The van der Waals surface area contributed by atoms with Gasteiger partial charge in [-0.1, -0.05) is 18.2 Å². The van der Waals surface area contributed by atoms with Crippen LogP contribution in [0.1, 0.15) is 0 Å². The Bertz CT molecular complexity index is 1000. The molecule has 0 aliphatic carbocycles. The lowest BCUT2D eigenvalue weighted by molar-refractivity contribution is 0.415. The summed E-state index contributed by atoms with van der Waals surface area (Å²) in [5, 5.41) is 3.53. The van der Waals surface area contributed by atoms with Crippen LogP contribution in [-0.4, -0.2) is 19.2 Å². The Morgan fingerprint density at radius 3 is 2.26 bits per heavy atom. The van der Waals surface area contributed by atoms with Crippen LogP contribution in [0.4, 0.5) is 0 Å². The van der Waals surface area contributed by atoms with Gasteiger partial charge in [-0.25, -0.2) is 0 Å².